The van der Waals surface area contributed by atoms with Crippen LogP contribution >= 0.6 is 0 Å². The van der Waals surface area contributed by atoms with Crippen LogP contribution in [0.3, 0.4) is 0 Å². The highest BCUT2D eigenvalue weighted by molar-refractivity contribution is 5.74. The second kappa shape index (κ2) is 8.61. The van der Waals surface area contributed by atoms with Crippen LogP contribution in [-0.4, -0.2) is 41.6 Å². The summed E-state index contributed by atoms with van der Waals surface area (Å²) in [5.74, 6) is -0.377. The summed E-state index contributed by atoms with van der Waals surface area (Å²) in [6.45, 7) is 6.21. The van der Waals surface area contributed by atoms with E-state index in [-0.39, 0.29) is 12.5 Å². The summed E-state index contributed by atoms with van der Waals surface area (Å²) in [5.41, 5.74) is 1.24. The summed E-state index contributed by atoms with van der Waals surface area (Å²) < 4.78 is 0. The van der Waals surface area contributed by atoms with Crippen molar-refractivity contribution in [1.29, 1.82) is 0 Å². The normalized spacial score (nSPS) is 16.5. The highest BCUT2D eigenvalue weighted by Gasteiger charge is 2.16. The number of hydrogen-bond donors (Lipinski definition) is 2. The Morgan fingerprint density at radius 3 is 2.80 bits per heavy atom. The van der Waals surface area contributed by atoms with E-state index in [1.165, 1.54) is 5.57 Å². The number of carbonyl (C=O) groups is 2. The lowest BCUT2D eigenvalue weighted by molar-refractivity contribution is -0.137. The SMILES string of the molecule is CCC(CCNC(=O)N1CCC=C(C)C1)CCC(=O)O. The molecule has 0 saturated carbocycles. The van der Waals surface area contributed by atoms with Gasteiger partial charge in [-0.25, -0.2) is 4.79 Å². The molecule has 2 amide bonds. The average Bonchev–Trinajstić information content (AvgIpc) is 2.42. The Morgan fingerprint density at radius 2 is 2.20 bits per heavy atom. The van der Waals surface area contributed by atoms with Crippen LogP contribution in [0.1, 0.15) is 46.0 Å². The van der Waals surface area contributed by atoms with E-state index in [0.717, 1.165) is 25.8 Å². The van der Waals surface area contributed by atoms with Crippen molar-refractivity contribution in [2.45, 2.75) is 46.0 Å². The lowest BCUT2D eigenvalue weighted by Gasteiger charge is -2.26. The monoisotopic (exact) mass is 282 g/mol. The van der Waals surface area contributed by atoms with Gasteiger partial charge in [0.15, 0.2) is 0 Å². The van der Waals surface area contributed by atoms with Gasteiger partial charge in [-0.15, -0.1) is 0 Å². The van der Waals surface area contributed by atoms with Crippen molar-refractivity contribution in [2.24, 2.45) is 5.92 Å². The molecule has 20 heavy (non-hydrogen) atoms. The molecule has 0 aromatic carbocycles. The molecular weight excluding hydrogens is 256 g/mol. The van der Waals surface area contributed by atoms with Gasteiger partial charge >= 0.3 is 12.0 Å². The number of nitrogens with zero attached hydrogens (tertiary/aromatic N) is 1. The Morgan fingerprint density at radius 1 is 1.45 bits per heavy atom. The molecule has 1 atom stereocenters. The number of aliphatic carboxylic acids is 1. The molecule has 1 unspecified atom stereocenters. The minimum atomic E-state index is -0.747. The minimum absolute atomic E-state index is 0.00876. The maximum atomic E-state index is 12.0. The Labute approximate surface area is 121 Å². The van der Waals surface area contributed by atoms with Crippen molar-refractivity contribution in [3.8, 4) is 0 Å². The molecule has 2 N–H and O–H groups in total. The molecule has 0 aromatic heterocycles. The predicted molar refractivity (Wildman–Crippen MR) is 78.6 cm³/mol. The van der Waals surface area contributed by atoms with E-state index in [4.69, 9.17) is 5.11 Å². The maximum Gasteiger partial charge on any atom is 0.317 e. The van der Waals surface area contributed by atoms with Crippen LogP contribution in [0.5, 0.6) is 0 Å². The van der Waals surface area contributed by atoms with Gasteiger partial charge in [0.1, 0.15) is 0 Å². The van der Waals surface area contributed by atoms with Crippen LogP contribution in [0.25, 0.3) is 0 Å². The quantitative estimate of drug-likeness (QED) is 0.705. The second-order valence-electron chi connectivity index (χ2n) is 5.49. The predicted octanol–water partition coefficient (Wildman–Crippen LogP) is 2.63. The fourth-order valence-corrected chi connectivity index (χ4v) is 2.46. The Bertz CT molecular complexity index is 366. The highest BCUT2D eigenvalue weighted by Crippen LogP contribution is 2.15. The smallest absolute Gasteiger partial charge is 0.317 e. The molecule has 114 valence electrons. The van der Waals surface area contributed by atoms with E-state index in [9.17, 15) is 9.59 Å². The zero-order valence-electron chi connectivity index (χ0n) is 12.5. The van der Waals surface area contributed by atoms with Gasteiger partial charge < -0.3 is 15.3 Å². The number of carboxylic acids is 1. The molecule has 5 heteroatoms. The van der Waals surface area contributed by atoms with Crippen LogP contribution in [0.2, 0.25) is 0 Å². The van der Waals surface area contributed by atoms with E-state index in [0.29, 0.717) is 25.4 Å². The van der Waals surface area contributed by atoms with Crippen molar-refractivity contribution in [3.63, 3.8) is 0 Å². The Kier molecular flexibility index (Phi) is 7.12. The number of carboxylic acid groups (broad SMARTS) is 1. The molecule has 5 nitrogen and oxygen atoms in total. The zero-order valence-corrected chi connectivity index (χ0v) is 12.5. The summed E-state index contributed by atoms with van der Waals surface area (Å²) in [4.78, 5) is 24.4. The molecule has 0 radical (unpaired) electrons. The molecule has 0 bridgehead atoms. The van der Waals surface area contributed by atoms with Crippen molar-refractivity contribution in [2.75, 3.05) is 19.6 Å². The summed E-state index contributed by atoms with van der Waals surface area (Å²) >= 11 is 0. The molecule has 0 aromatic rings. The van der Waals surface area contributed by atoms with Gasteiger partial charge in [0.05, 0.1) is 0 Å². The number of nitrogens with one attached hydrogen (secondary N) is 1. The number of rotatable bonds is 7. The molecular formula is C15H26N2O3. The Hall–Kier alpha value is -1.52. The van der Waals surface area contributed by atoms with E-state index in [1.54, 1.807) is 0 Å². The van der Waals surface area contributed by atoms with Crippen molar-refractivity contribution >= 4 is 12.0 Å². The number of carbonyl (C=O) groups excluding carboxylic acids is 1. The fourth-order valence-electron chi connectivity index (χ4n) is 2.46. The van der Waals surface area contributed by atoms with Gasteiger partial charge in [-0.2, -0.15) is 0 Å². The number of amides is 2. The van der Waals surface area contributed by atoms with E-state index in [1.807, 2.05) is 11.8 Å². The third-order valence-corrected chi connectivity index (χ3v) is 3.79. The summed E-state index contributed by atoms with van der Waals surface area (Å²) in [6.07, 6.45) is 5.79. The van der Waals surface area contributed by atoms with E-state index in [2.05, 4.69) is 18.3 Å². The van der Waals surface area contributed by atoms with Gasteiger partial charge in [0.25, 0.3) is 0 Å². The lowest BCUT2D eigenvalue weighted by Crippen LogP contribution is -2.43. The van der Waals surface area contributed by atoms with E-state index < -0.39 is 5.97 Å². The maximum absolute atomic E-state index is 12.0. The first-order valence-electron chi connectivity index (χ1n) is 7.43. The fraction of sp³-hybridized carbons (Fsp3) is 0.733. The largest absolute Gasteiger partial charge is 0.481 e. The van der Waals surface area contributed by atoms with Gasteiger partial charge in [-0.1, -0.05) is 25.0 Å². The van der Waals surface area contributed by atoms with Gasteiger partial charge in [0.2, 0.25) is 0 Å². The van der Waals surface area contributed by atoms with Crippen LogP contribution in [0.15, 0.2) is 11.6 Å². The van der Waals surface area contributed by atoms with Gasteiger partial charge in [0, 0.05) is 26.1 Å². The first-order chi connectivity index (χ1) is 9.52. The second-order valence-corrected chi connectivity index (χ2v) is 5.49. The molecule has 0 saturated heterocycles. The molecule has 0 aliphatic carbocycles. The third-order valence-electron chi connectivity index (χ3n) is 3.79. The molecule has 1 aliphatic heterocycles. The minimum Gasteiger partial charge on any atom is -0.481 e. The van der Waals surface area contributed by atoms with Gasteiger partial charge in [-0.3, -0.25) is 4.79 Å². The topological polar surface area (TPSA) is 69.6 Å². The third kappa shape index (κ3) is 6.08. The van der Waals surface area contributed by atoms with Crippen molar-refractivity contribution in [1.82, 2.24) is 10.2 Å². The van der Waals surface area contributed by atoms with Crippen LogP contribution < -0.4 is 5.32 Å². The van der Waals surface area contributed by atoms with Crippen LogP contribution in [0.4, 0.5) is 4.79 Å². The lowest BCUT2D eigenvalue weighted by atomic mass is 9.97. The van der Waals surface area contributed by atoms with Crippen LogP contribution in [0, 0.1) is 5.92 Å². The average molecular weight is 282 g/mol. The van der Waals surface area contributed by atoms with Crippen molar-refractivity contribution in [3.05, 3.63) is 11.6 Å². The highest BCUT2D eigenvalue weighted by atomic mass is 16.4. The number of urea groups is 1. The standard InChI is InChI=1S/C15H26N2O3/c1-3-13(6-7-14(18)19)8-9-16-15(20)17-10-4-5-12(2)11-17/h5,13H,3-4,6-11H2,1-2H3,(H,16,20)(H,18,19). The molecule has 1 rings (SSSR count). The molecule has 1 aliphatic rings. The Balaban J connectivity index is 2.23. The molecule has 1 heterocycles. The first-order valence-corrected chi connectivity index (χ1v) is 7.43. The zero-order chi connectivity index (χ0) is 15.0. The van der Waals surface area contributed by atoms with Crippen molar-refractivity contribution < 1.29 is 14.7 Å². The van der Waals surface area contributed by atoms with Gasteiger partial charge in [-0.05, 0) is 32.1 Å². The summed E-state index contributed by atoms with van der Waals surface area (Å²) in [5, 5.41) is 11.6. The summed E-state index contributed by atoms with van der Waals surface area (Å²) in [6, 6.07) is -0.00876. The summed E-state index contributed by atoms with van der Waals surface area (Å²) in [7, 11) is 0. The molecule has 0 spiro atoms. The number of hydrogen-bond acceptors (Lipinski definition) is 2. The van der Waals surface area contributed by atoms with E-state index >= 15 is 0 Å². The van der Waals surface area contributed by atoms with Crippen LogP contribution in [-0.2, 0) is 4.79 Å². The first kappa shape index (κ1) is 16.5. The molecule has 0 fully saturated rings.